The molecule has 1 amide bonds. The number of carbonyl (C=O) groups excluding carboxylic acids is 1. The van der Waals surface area contributed by atoms with Crippen LogP contribution in [-0.2, 0) is 21.1 Å². The molecule has 0 spiro atoms. The number of hydrogen-bond acceptors (Lipinski definition) is 4. The number of amides is 1. The predicted octanol–water partition coefficient (Wildman–Crippen LogP) is 0.997. The predicted molar refractivity (Wildman–Crippen MR) is 89.9 cm³/mol. The third kappa shape index (κ3) is 4.54. The molecule has 6 heteroatoms. The molecule has 23 heavy (non-hydrogen) atoms. The number of sulfone groups is 1. The van der Waals surface area contributed by atoms with Crippen LogP contribution in [0.4, 0.5) is 0 Å². The summed E-state index contributed by atoms with van der Waals surface area (Å²) in [6.45, 7) is 1.31. The molecule has 1 aromatic carbocycles. The molecule has 0 saturated carbocycles. The second-order valence-electron chi connectivity index (χ2n) is 6.62. The molecule has 2 aliphatic heterocycles. The Bertz CT molecular complexity index is 645. The van der Waals surface area contributed by atoms with Crippen molar-refractivity contribution in [3.63, 3.8) is 0 Å². The van der Waals surface area contributed by atoms with Crippen molar-refractivity contribution in [1.82, 2.24) is 10.2 Å². The van der Waals surface area contributed by atoms with Gasteiger partial charge in [-0.15, -0.1) is 0 Å². The maximum atomic E-state index is 12.2. The molecule has 2 fully saturated rings. The van der Waals surface area contributed by atoms with E-state index in [4.69, 9.17) is 0 Å². The first-order valence-electron chi connectivity index (χ1n) is 8.29. The maximum Gasteiger partial charge on any atom is 0.234 e. The Morgan fingerprint density at radius 2 is 2.00 bits per heavy atom. The van der Waals surface area contributed by atoms with Gasteiger partial charge in [0.05, 0.1) is 18.1 Å². The molecule has 0 bridgehead atoms. The fraction of sp³-hybridized carbons (Fsp3) is 0.588. The Hall–Kier alpha value is -1.40. The molecule has 1 N–H and O–H groups in total. The minimum absolute atomic E-state index is 0.0490. The van der Waals surface area contributed by atoms with Crippen molar-refractivity contribution in [3.05, 3.63) is 35.9 Å². The molecule has 0 aromatic heterocycles. The molecular formula is C17H24N2O3S. The van der Waals surface area contributed by atoms with Crippen molar-refractivity contribution in [2.75, 3.05) is 24.6 Å². The Morgan fingerprint density at radius 3 is 2.70 bits per heavy atom. The minimum atomic E-state index is -2.95. The summed E-state index contributed by atoms with van der Waals surface area (Å²) in [5, 5.41) is 2.89. The largest absolute Gasteiger partial charge is 0.351 e. The first kappa shape index (κ1) is 16.5. The van der Waals surface area contributed by atoms with Gasteiger partial charge in [0, 0.05) is 12.1 Å². The summed E-state index contributed by atoms with van der Waals surface area (Å²) in [6.07, 6.45) is 3.73. The van der Waals surface area contributed by atoms with Crippen LogP contribution in [0.2, 0.25) is 0 Å². The molecule has 0 aliphatic carbocycles. The summed E-state index contributed by atoms with van der Waals surface area (Å²) < 4.78 is 22.9. The summed E-state index contributed by atoms with van der Waals surface area (Å²) in [4.78, 5) is 14.4. The summed E-state index contributed by atoms with van der Waals surface area (Å²) in [7, 11) is -2.95. The van der Waals surface area contributed by atoms with E-state index in [1.807, 2.05) is 18.2 Å². The van der Waals surface area contributed by atoms with Crippen molar-refractivity contribution >= 4 is 15.7 Å². The molecule has 2 aliphatic rings. The van der Waals surface area contributed by atoms with Gasteiger partial charge in [0.15, 0.2) is 9.84 Å². The Labute approximate surface area is 138 Å². The molecule has 2 atom stereocenters. The van der Waals surface area contributed by atoms with E-state index in [2.05, 4.69) is 22.3 Å². The molecule has 3 rings (SSSR count). The van der Waals surface area contributed by atoms with Crippen LogP contribution in [0.1, 0.15) is 24.8 Å². The molecule has 0 unspecified atom stereocenters. The quantitative estimate of drug-likeness (QED) is 0.871. The monoisotopic (exact) mass is 336 g/mol. The summed E-state index contributed by atoms with van der Waals surface area (Å²) >= 11 is 0. The second kappa shape index (κ2) is 7.01. The van der Waals surface area contributed by atoms with Crippen LogP contribution in [0.25, 0.3) is 0 Å². The van der Waals surface area contributed by atoms with Crippen LogP contribution in [0, 0.1) is 0 Å². The fourth-order valence-corrected chi connectivity index (χ4v) is 5.26. The van der Waals surface area contributed by atoms with E-state index < -0.39 is 9.84 Å². The van der Waals surface area contributed by atoms with Gasteiger partial charge in [-0.3, -0.25) is 9.69 Å². The van der Waals surface area contributed by atoms with Gasteiger partial charge in [0.25, 0.3) is 0 Å². The average molecular weight is 336 g/mol. The highest BCUT2D eigenvalue weighted by atomic mass is 32.2. The lowest BCUT2D eigenvalue weighted by Crippen LogP contribution is -2.44. The highest BCUT2D eigenvalue weighted by Gasteiger charge is 2.31. The summed E-state index contributed by atoms with van der Waals surface area (Å²) in [6, 6.07) is 10.5. The average Bonchev–Trinajstić information content (AvgIpc) is 3.06. The van der Waals surface area contributed by atoms with E-state index in [-0.39, 0.29) is 23.5 Å². The molecule has 126 valence electrons. The van der Waals surface area contributed by atoms with E-state index in [1.165, 1.54) is 5.56 Å². The number of likely N-dealkylation sites (tertiary alicyclic amines) is 1. The number of nitrogens with zero attached hydrogens (tertiary/aromatic N) is 1. The zero-order valence-electron chi connectivity index (χ0n) is 13.3. The van der Waals surface area contributed by atoms with Crippen LogP contribution in [0.15, 0.2) is 30.3 Å². The SMILES string of the molecule is O=C(CN1CCC[C@H]1Cc1ccccc1)N[C@@H]1CCS(=O)(=O)C1. The van der Waals surface area contributed by atoms with Crippen molar-refractivity contribution < 1.29 is 13.2 Å². The minimum Gasteiger partial charge on any atom is -0.351 e. The van der Waals surface area contributed by atoms with Gasteiger partial charge in [-0.1, -0.05) is 30.3 Å². The van der Waals surface area contributed by atoms with Crippen molar-refractivity contribution in [2.24, 2.45) is 0 Å². The van der Waals surface area contributed by atoms with E-state index in [0.29, 0.717) is 19.0 Å². The van der Waals surface area contributed by atoms with Gasteiger partial charge in [-0.25, -0.2) is 8.42 Å². The Kier molecular flexibility index (Phi) is 5.02. The Morgan fingerprint density at radius 1 is 1.22 bits per heavy atom. The zero-order valence-corrected chi connectivity index (χ0v) is 14.1. The van der Waals surface area contributed by atoms with Crippen LogP contribution in [-0.4, -0.2) is 55.9 Å². The molecule has 1 aromatic rings. The van der Waals surface area contributed by atoms with Gasteiger partial charge in [0.2, 0.25) is 5.91 Å². The normalized spacial score (nSPS) is 27.1. The van der Waals surface area contributed by atoms with Crippen LogP contribution in [0.3, 0.4) is 0 Å². The van der Waals surface area contributed by atoms with Crippen molar-refractivity contribution in [3.8, 4) is 0 Å². The van der Waals surface area contributed by atoms with Crippen LogP contribution in [0.5, 0.6) is 0 Å². The van der Waals surface area contributed by atoms with Crippen LogP contribution < -0.4 is 5.32 Å². The summed E-state index contributed by atoms with van der Waals surface area (Å²) in [5.74, 6) is 0.233. The highest BCUT2D eigenvalue weighted by molar-refractivity contribution is 7.91. The third-order valence-corrected chi connectivity index (χ3v) is 6.53. The van der Waals surface area contributed by atoms with E-state index in [0.717, 1.165) is 25.8 Å². The van der Waals surface area contributed by atoms with Crippen LogP contribution >= 0.6 is 0 Å². The van der Waals surface area contributed by atoms with E-state index >= 15 is 0 Å². The molecular weight excluding hydrogens is 312 g/mol. The van der Waals surface area contributed by atoms with Crippen molar-refractivity contribution in [1.29, 1.82) is 0 Å². The molecule has 5 nitrogen and oxygen atoms in total. The van der Waals surface area contributed by atoms with Crippen molar-refractivity contribution in [2.45, 2.75) is 37.8 Å². The van der Waals surface area contributed by atoms with Gasteiger partial charge >= 0.3 is 0 Å². The Balaban J connectivity index is 1.51. The van der Waals surface area contributed by atoms with Gasteiger partial charge < -0.3 is 5.32 Å². The van der Waals surface area contributed by atoms with E-state index in [1.54, 1.807) is 0 Å². The summed E-state index contributed by atoms with van der Waals surface area (Å²) in [5.41, 5.74) is 1.30. The topological polar surface area (TPSA) is 66.5 Å². The number of benzene rings is 1. The smallest absolute Gasteiger partial charge is 0.234 e. The standard InChI is InChI=1S/C17H24N2O3S/c20-17(18-15-8-10-23(21,22)13-15)12-19-9-4-7-16(19)11-14-5-2-1-3-6-14/h1-3,5-6,15-16H,4,7-13H2,(H,18,20)/t15-,16+/m1/s1. The second-order valence-corrected chi connectivity index (χ2v) is 8.85. The van der Waals surface area contributed by atoms with Gasteiger partial charge in [0.1, 0.15) is 0 Å². The first-order valence-corrected chi connectivity index (χ1v) is 10.1. The fourth-order valence-electron chi connectivity index (χ4n) is 3.59. The number of nitrogens with one attached hydrogen (secondary N) is 1. The number of rotatable bonds is 5. The molecule has 2 heterocycles. The molecule has 2 saturated heterocycles. The number of hydrogen-bond donors (Lipinski definition) is 1. The van der Waals surface area contributed by atoms with Gasteiger partial charge in [-0.2, -0.15) is 0 Å². The van der Waals surface area contributed by atoms with E-state index in [9.17, 15) is 13.2 Å². The zero-order chi connectivity index (χ0) is 16.3. The lowest BCUT2D eigenvalue weighted by atomic mass is 10.0. The van der Waals surface area contributed by atoms with Gasteiger partial charge in [-0.05, 0) is 37.8 Å². The molecule has 0 radical (unpaired) electrons. The lowest BCUT2D eigenvalue weighted by molar-refractivity contribution is -0.123. The highest BCUT2D eigenvalue weighted by Crippen LogP contribution is 2.21. The number of carbonyl (C=O) groups is 1. The maximum absolute atomic E-state index is 12.2. The third-order valence-electron chi connectivity index (χ3n) is 4.76. The first-order chi connectivity index (χ1) is 11.0. The lowest BCUT2D eigenvalue weighted by Gasteiger charge is -2.24.